The first-order valence-electron chi connectivity index (χ1n) is 5.20. The van der Waals surface area contributed by atoms with E-state index in [4.69, 9.17) is 0 Å². The summed E-state index contributed by atoms with van der Waals surface area (Å²) in [4.78, 5) is 3.57. The van der Waals surface area contributed by atoms with E-state index in [1.54, 1.807) is 30.3 Å². The molecule has 0 atom stereocenters. The van der Waals surface area contributed by atoms with Gasteiger partial charge in [-0.15, -0.1) is 0 Å². The molecular weight excluding hydrogens is 255 g/mol. The van der Waals surface area contributed by atoms with Gasteiger partial charge in [0, 0.05) is 6.07 Å². The lowest BCUT2D eigenvalue weighted by Crippen LogP contribution is -2.15. The molecule has 0 saturated heterocycles. The zero-order valence-corrected chi connectivity index (χ0v) is 10.2. The van der Waals surface area contributed by atoms with E-state index in [2.05, 4.69) is 9.71 Å². The molecule has 1 aromatic carbocycles. The average molecular weight is 266 g/mol. The number of hydrogen-bond acceptors (Lipinski definition) is 3. The fourth-order valence-corrected chi connectivity index (χ4v) is 2.65. The standard InChI is InChI=1S/C12H11FN2O2S/c13-11-6-12(8-14-7-11)15-18(16,17)9-10-4-2-1-3-5-10/h1-8,15H,9H2. The lowest BCUT2D eigenvalue weighted by Gasteiger charge is -2.07. The molecule has 0 spiro atoms. The number of hydrogen-bond donors (Lipinski definition) is 1. The van der Waals surface area contributed by atoms with E-state index in [-0.39, 0.29) is 11.4 Å². The number of aromatic nitrogens is 1. The minimum atomic E-state index is -3.56. The van der Waals surface area contributed by atoms with Crippen molar-refractivity contribution in [1.82, 2.24) is 4.98 Å². The minimum absolute atomic E-state index is 0.117. The fourth-order valence-electron chi connectivity index (χ4n) is 1.48. The Morgan fingerprint density at radius 1 is 1.17 bits per heavy atom. The highest BCUT2D eigenvalue weighted by Gasteiger charge is 2.11. The number of sulfonamides is 1. The predicted molar refractivity (Wildman–Crippen MR) is 66.9 cm³/mol. The van der Waals surface area contributed by atoms with Crippen molar-refractivity contribution >= 4 is 15.7 Å². The van der Waals surface area contributed by atoms with Crippen molar-refractivity contribution in [2.45, 2.75) is 5.75 Å². The maximum atomic E-state index is 12.9. The summed E-state index contributed by atoms with van der Waals surface area (Å²) >= 11 is 0. The molecule has 6 heteroatoms. The van der Waals surface area contributed by atoms with Gasteiger partial charge in [0.1, 0.15) is 5.82 Å². The molecule has 0 amide bonds. The molecule has 2 rings (SSSR count). The van der Waals surface area contributed by atoms with Crippen molar-refractivity contribution in [3.63, 3.8) is 0 Å². The van der Waals surface area contributed by atoms with Crippen LogP contribution in [0.5, 0.6) is 0 Å². The van der Waals surface area contributed by atoms with Crippen LogP contribution >= 0.6 is 0 Å². The van der Waals surface area contributed by atoms with Crippen molar-refractivity contribution in [3.8, 4) is 0 Å². The van der Waals surface area contributed by atoms with Crippen LogP contribution in [0.25, 0.3) is 0 Å². The molecule has 0 aliphatic heterocycles. The van der Waals surface area contributed by atoms with Gasteiger partial charge in [-0.1, -0.05) is 30.3 Å². The zero-order chi connectivity index (χ0) is 13.0. The summed E-state index contributed by atoms with van der Waals surface area (Å²) < 4.78 is 38.8. The molecule has 0 aliphatic rings. The van der Waals surface area contributed by atoms with E-state index in [1.165, 1.54) is 6.20 Å². The Kier molecular flexibility index (Phi) is 3.57. The van der Waals surface area contributed by atoms with Gasteiger partial charge in [-0.25, -0.2) is 12.8 Å². The van der Waals surface area contributed by atoms with Crippen LogP contribution < -0.4 is 4.72 Å². The van der Waals surface area contributed by atoms with Crippen molar-refractivity contribution in [1.29, 1.82) is 0 Å². The summed E-state index contributed by atoms with van der Waals surface area (Å²) in [5, 5.41) is 0. The number of pyridine rings is 1. The number of rotatable bonds is 4. The molecule has 1 heterocycles. The lowest BCUT2D eigenvalue weighted by atomic mass is 10.2. The van der Waals surface area contributed by atoms with E-state index < -0.39 is 15.8 Å². The molecule has 0 bridgehead atoms. The van der Waals surface area contributed by atoms with Gasteiger partial charge >= 0.3 is 0 Å². The third-order valence-electron chi connectivity index (χ3n) is 2.18. The molecule has 1 N–H and O–H groups in total. The number of nitrogens with one attached hydrogen (secondary N) is 1. The van der Waals surface area contributed by atoms with E-state index in [1.807, 2.05) is 0 Å². The van der Waals surface area contributed by atoms with Gasteiger partial charge in [-0.3, -0.25) is 9.71 Å². The van der Waals surface area contributed by atoms with Crippen LogP contribution in [-0.2, 0) is 15.8 Å². The first-order chi connectivity index (χ1) is 8.55. The largest absolute Gasteiger partial charge is 0.282 e. The fraction of sp³-hybridized carbons (Fsp3) is 0.0833. The van der Waals surface area contributed by atoms with Crippen molar-refractivity contribution < 1.29 is 12.8 Å². The Hall–Kier alpha value is -1.95. The van der Waals surface area contributed by atoms with Gasteiger partial charge in [0.25, 0.3) is 0 Å². The van der Waals surface area contributed by atoms with E-state index in [0.29, 0.717) is 5.56 Å². The summed E-state index contributed by atoms with van der Waals surface area (Å²) in [7, 11) is -3.56. The van der Waals surface area contributed by atoms with Crippen molar-refractivity contribution in [3.05, 3.63) is 60.2 Å². The van der Waals surface area contributed by atoms with E-state index in [9.17, 15) is 12.8 Å². The normalized spacial score (nSPS) is 11.2. The quantitative estimate of drug-likeness (QED) is 0.922. The summed E-state index contributed by atoms with van der Waals surface area (Å²) in [6, 6.07) is 9.82. The third kappa shape index (κ3) is 3.53. The van der Waals surface area contributed by atoms with Crippen LogP contribution in [0, 0.1) is 5.82 Å². The Labute approximate surface area is 105 Å². The summed E-state index contributed by atoms with van der Waals surface area (Å²) in [5.74, 6) is -0.750. The molecular formula is C12H11FN2O2S. The second-order valence-corrected chi connectivity index (χ2v) is 5.46. The highest BCUT2D eigenvalue weighted by atomic mass is 32.2. The molecule has 1 aromatic heterocycles. The van der Waals surface area contributed by atoms with Crippen LogP contribution in [0.2, 0.25) is 0 Å². The molecule has 18 heavy (non-hydrogen) atoms. The van der Waals surface area contributed by atoms with Crippen molar-refractivity contribution in [2.75, 3.05) is 4.72 Å². The molecule has 0 saturated carbocycles. The highest BCUT2D eigenvalue weighted by molar-refractivity contribution is 7.91. The smallest absolute Gasteiger partial charge is 0.236 e. The summed E-state index contributed by atoms with van der Waals surface area (Å²) in [6.07, 6.45) is 2.26. The molecule has 4 nitrogen and oxygen atoms in total. The Bertz CT molecular complexity index is 630. The maximum Gasteiger partial charge on any atom is 0.236 e. The minimum Gasteiger partial charge on any atom is -0.282 e. The van der Waals surface area contributed by atoms with Crippen LogP contribution in [0.1, 0.15) is 5.56 Å². The van der Waals surface area contributed by atoms with Gasteiger partial charge in [-0.2, -0.15) is 0 Å². The van der Waals surface area contributed by atoms with Crippen LogP contribution in [0.4, 0.5) is 10.1 Å². The first-order valence-corrected chi connectivity index (χ1v) is 6.85. The summed E-state index contributed by atoms with van der Waals surface area (Å²) in [5.41, 5.74) is 0.778. The average Bonchev–Trinajstić information content (AvgIpc) is 2.28. The zero-order valence-electron chi connectivity index (χ0n) is 9.38. The van der Waals surface area contributed by atoms with Crippen LogP contribution in [0.15, 0.2) is 48.8 Å². The molecule has 0 unspecified atom stereocenters. The maximum absolute atomic E-state index is 12.9. The van der Waals surface area contributed by atoms with E-state index >= 15 is 0 Å². The monoisotopic (exact) mass is 266 g/mol. The number of benzene rings is 1. The second kappa shape index (κ2) is 5.14. The SMILES string of the molecule is O=S(=O)(Cc1ccccc1)Nc1cncc(F)c1. The first kappa shape index (κ1) is 12.5. The number of nitrogens with zero attached hydrogens (tertiary/aromatic N) is 1. The highest BCUT2D eigenvalue weighted by Crippen LogP contribution is 2.12. The van der Waals surface area contributed by atoms with Crippen molar-refractivity contribution in [2.24, 2.45) is 0 Å². The molecule has 0 fully saturated rings. The Morgan fingerprint density at radius 2 is 1.89 bits per heavy atom. The van der Waals surface area contributed by atoms with Gasteiger partial charge in [0.15, 0.2) is 0 Å². The van der Waals surface area contributed by atoms with Crippen LogP contribution in [0.3, 0.4) is 0 Å². The van der Waals surface area contributed by atoms with Gasteiger partial charge in [0.05, 0.1) is 23.8 Å². The molecule has 0 radical (unpaired) electrons. The lowest BCUT2D eigenvalue weighted by molar-refractivity contribution is 0.600. The topological polar surface area (TPSA) is 59.1 Å². The predicted octanol–water partition coefficient (Wildman–Crippen LogP) is 2.16. The summed E-state index contributed by atoms with van der Waals surface area (Å²) in [6.45, 7) is 0. The van der Waals surface area contributed by atoms with Crippen LogP contribution in [-0.4, -0.2) is 13.4 Å². The van der Waals surface area contributed by atoms with Gasteiger partial charge < -0.3 is 0 Å². The number of anilines is 1. The van der Waals surface area contributed by atoms with E-state index in [0.717, 1.165) is 12.3 Å². The molecule has 94 valence electrons. The third-order valence-corrected chi connectivity index (χ3v) is 3.44. The second-order valence-electron chi connectivity index (χ2n) is 3.74. The van der Waals surface area contributed by atoms with Gasteiger partial charge in [0.2, 0.25) is 10.0 Å². The molecule has 0 aliphatic carbocycles. The Morgan fingerprint density at radius 3 is 2.56 bits per heavy atom. The van der Waals surface area contributed by atoms with Gasteiger partial charge in [-0.05, 0) is 5.56 Å². The molecule has 2 aromatic rings. The number of halogens is 1. The Balaban J connectivity index is 2.13.